The summed E-state index contributed by atoms with van der Waals surface area (Å²) in [6.07, 6.45) is 6.24. The van der Waals surface area contributed by atoms with Gasteiger partial charge in [0, 0.05) is 54.2 Å². The molecule has 2 aliphatic rings. The minimum Gasteiger partial charge on any atom is -0.372 e. The first kappa shape index (κ1) is 21.7. The molecular weight excluding hydrogens is 404 g/mol. The fourth-order valence-corrected chi connectivity index (χ4v) is 5.17. The normalized spacial score (nSPS) is 18.5. The van der Waals surface area contributed by atoms with E-state index in [-0.39, 0.29) is 5.92 Å². The fourth-order valence-electron chi connectivity index (χ4n) is 4.77. The van der Waals surface area contributed by atoms with Crippen LogP contribution >= 0.6 is 11.6 Å². The van der Waals surface area contributed by atoms with E-state index in [1.54, 1.807) is 0 Å². The molecule has 0 spiro atoms. The number of pyridine rings is 1. The number of aromatic nitrogens is 1. The number of allylic oxidation sites excluding steroid dienone is 1. The van der Waals surface area contributed by atoms with E-state index in [1.165, 1.54) is 18.5 Å². The maximum Gasteiger partial charge on any atom is 0.0745 e. The van der Waals surface area contributed by atoms with Crippen molar-refractivity contribution in [1.29, 1.82) is 5.26 Å². The molecule has 1 unspecified atom stereocenters. The van der Waals surface area contributed by atoms with Crippen LogP contribution in [-0.4, -0.2) is 41.0 Å². The SMILES string of the molecule is C=C(CCCC)N1CCN(C(=C)c2ccc3c(Cl)c4c(nc3c2)CCCC4C#N)CC1. The summed E-state index contributed by atoms with van der Waals surface area (Å²) in [6, 6.07) is 8.63. The summed E-state index contributed by atoms with van der Waals surface area (Å²) in [5, 5.41) is 11.2. The first-order chi connectivity index (χ1) is 15.0. The van der Waals surface area contributed by atoms with Crippen LogP contribution < -0.4 is 0 Å². The number of halogens is 1. The molecule has 1 atom stereocenters. The van der Waals surface area contributed by atoms with Crippen LogP contribution in [0.1, 0.15) is 61.8 Å². The first-order valence-corrected chi connectivity index (χ1v) is 11.8. The van der Waals surface area contributed by atoms with Gasteiger partial charge in [0.15, 0.2) is 0 Å². The number of unbranched alkanes of at least 4 members (excludes halogenated alkanes) is 1. The van der Waals surface area contributed by atoms with E-state index >= 15 is 0 Å². The Morgan fingerprint density at radius 2 is 1.97 bits per heavy atom. The lowest BCUT2D eigenvalue weighted by molar-refractivity contribution is 0.209. The van der Waals surface area contributed by atoms with Crippen LogP contribution in [0.25, 0.3) is 16.6 Å². The second kappa shape index (κ2) is 9.32. The van der Waals surface area contributed by atoms with Crippen LogP contribution in [0.15, 0.2) is 37.1 Å². The molecule has 1 aromatic heterocycles. The van der Waals surface area contributed by atoms with Gasteiger partial charge in [-0.25, -0.2) is 0 Å². The second-order valence-electron chi connectivity index (χ2n) is 8.68. The number of aryl methyl sites for hydroxylation is 1. The van der Waals surface area contributed by atoms with Gasteiger partial charge in [0.2, 0.25) is 0 Å². The molecule has 0 radical (unpaired) electrons. The van der Waals surface area contributed by atoms with Gasteiger partial charge in [0.25, 0.3) is 0 Å². The summed E-state index contributed by atoms with van der Waals surface area (Å²) in [4.78, 5) is 9.69. The van der Waals surface area contributed by atoms with Crippen LogP contribution in [0.5, 0.6) is 0 Å². The summed E-state index contributed by atoms with van der Waals surface area (Å²) in [7, 11) is 0. The van der Waals surface area contributed by atoms with Gasteiger partial charge in [-0.3, -0.25) is 4.98 Å². The van der Waals surface area contributed by atoms with Crippen molar-refractivity contribution in [3.63, 3.8) is 0 Å². The molecule has 1 fully saturated rings. The minimum atomic E-state index is -0.147. The Kier molecular flexibility index (Phi) is 6.53. The third-order valence-electron chi connectivity index (χ3n) is 6.71. The summed E-state index contributed by atoms with van der Waals surface area (Å²) in [6.45, 7) is 14.8. The number of piperazine rings is 1. The van der Waals surface area contributed by atoms with E-state index in [4.69, 9.17) is 16.6 Å². The zero-order chi connectivity index (χ0) is 22.0. The highest BCUT2D eigenvalue weighted by atomic mass is 35.5. The Balaban J connectivity index is 1.52. The molecule has 0 saturated carbocycles. The summed E-state index contributed by atoms with van der Waals surface area (Å²) >= 11 is 6.76. The molecule has 0 N–H and O–H groups in total. The average molecular weight is 435 g/mol. The van der Waals surface area contributed by atoms with Crippen molar-refractivity contribution in [3.8, 4) is 6.07 Å². The molecule has 0 bridgehead atoms. The maximum atomic E-state index is 9.53. The van der Waals surface area contributed by atoms with Gasteiger partial charge in [0.05, 0.1) is 22.5 Å². The molecule has 4 rings (SSSR count). The van der Waals surface area contributed by atoms with Crippen molar-refractivity contribution < 1.29 is 0 Å². The van der Waals surface area contributed by atoms with Gasteiger partial charge in [-0.15, -0.1) is 0 Å². The van der Waals surface area contributed by atoms with Crippen LogP contribution in [0.3, 0.4) is 0 Å². The first-order valence-electron chi connectivity index (χ1n) is 11.4. The average Bonchev–Trinajstić information content (AvgIpc) is 2.81. The minimum absolute atomic E-state index is 0.147. The summed E-state index contributed by atoms with van der Waals surface area (Å²) in [5.74, 6) is -0.147. The van der Waals surface area contributed by atoms with E-state index in [1.807, 2.05) is 6.07 Å². The number of hydrogen-bond donors (Lipinski definition) is 0. The van der Waals surface area contributed by atoms with Crippen molar-refractivity contribution in [3.05, 3.63) is 58.9 Å². The highest BCUT2D eigenvalue weighted by molar-refractivity contribution is 6.36. The topological polar surface area (TPSA) is 43.2 Å². The quantitative estimate of drug-likeness (QED) is 0.548. The fraction of sp³-hybridized carbons (Fsp3) is 0.462. The molecule has 1 aliphatic heterocycles. The molecule has 162 valence electrons. The predicted octanol–water partition coefficient (Wildman–Crippen LogP) is 6.12. The Bertz CT molecular complexity index is 1040. The Morgan fingerprint density at radius 3 is 2.68 bits per heavy atom. The molecule has 2 aromatic rings. The Morgan fingerprint density at radius 1 is 1.23 bits per heavy atom. The van der Waals surface area contributed by atoms with Crippen LogP contribution in [0, 0.1) is 11.3 Å². The van der Waals surface area contributed by atoms with Crippen molar-refractivity contribution in [2.45, 2.75) is 51.4 Å². The molecule has 1 aliphatic carbocycles. The highest BCUT2D eigenvalue weighted by Gasteiger charge is 2.26. The Hall–Kier alpha value is -2.51. The van der Waals surface area contributed by atoms with E-state index in [2.05, 4.69) is 48.1 Å². The lowest BCUT2D eigenvalue weighted by atomic mass is 9.85. The third kappa shape index (κ3) is 4.29. The van der Waals surface area contributed by atoms with Gasteiger partial charge < -0.3 is 9.80 Å². The van der Waals surface area contributed by atoms with Crippen LogP contribution in [-0.2, 0) is 6.42 Å². The largest absolute Gasteiger partial charge is 0.372 e. The zero-order valence-electron chi connectivity index (χ0n) is 18.5. The Labute approximate surface area is 190 Å². The van der Waals surface area contributed by atoms with Gasteiger partial charge in [0.1, 0.15) is 0 Å². The number of hydrogen-bond acceptors (Lipinski definition) is 4. The van der Waals surface area contributed by atoms with Crippen molar-refractivity contribution in [2.75, 3.05) is 26.2 Å². The van der Waals surface area contributed by atoms with Gasteiger partial charge >= 0.3 is 0 Å². The molecule has 0 amide bonds. The third-order valence-corrected chi connectivity index (χ3v) is 7.12. The van der Waals surface area contributed by atoms with E-state index < -0.39 is 0 Å². The van der Waals surface area contributed by atoms with Gasteiger partial charge in [-0.1, -0.05) is 50.2 Å². The molecule has 4 nitrogen and oxygen atoms in total. The van der Waals surface area contributed by atoms with E-state index in [9.17, 15) is 5.26 Å². The zero-order valence-corrected chi connectivity index (χ0v) is 19.2. The molecule has 2 heterocycles. The monoisotopic (exact) mass is 434 g/mol. The maximum absolute atomic E-state index is 9.53. The molecule has 1 aromatic carbocycles. The number of nitrogens with zero attached hydrogens (tertiary/aromatic N) is 4. The number of nitriles is 1. The number of rotatable bonds is 6. The standard InChI is InChI=1S/C26H31ClN4/c1-4-5-7-18(2)30-12-14-31(15-13-30)19(3)20-10-11-22-24(16-20)29-23-9-6-8-21(17-28)25(23)26(22)27/h10-11,16,21H,2-9,12-15H2,1H3. The molecule has 5 heteroatoms. The lowest BCUT2D eigenvalue weighted by Crippen LogP contribution is -2.44. The van der Waals surface area contributed by atoms with Gasteiger partial charge in [-0.05, 0) is 43.7 Å². The van der Waals surface area contributed by atoms with Crippen molar-refractivity contribution >= 4 is 28.2 Å². The van der Waals surface area contributed by atoms with E-state index in [0.717, 1.165) is 85.3 Å². The number of benzene rings is 1. The lowest BCUT2D eigenvalue weighted by Gasteiger charge is -2.39. The molecular formula is C26H31ClN4. The van der Waals surface area contributed by atoms with Gasteiger partial charge in [-0.2, -0.15) is 5.26 Å². The van der Waals surface area contributed by atoms with Crippen molar-refractivity contribution in [2.24, 2.45) is 0 Å². The molecule has 1 saturated heterocycles. The summed E-state index contributed by atoms with van der Waals surface area (Å²) < 4.78 is 0. The summed E-state index contributed by atoms with van der Waals surface area (Å²) in [5.41, 5.74) is 6.20. The smallest absolute Gasteiger partial charge is 0.0745 e. The van der Waals surface area contributed by atoms with Crippen LogP contribution in [0.4, 0.5) is 0 Å². The predicted molar refractivity (Wildman–Crippen MR) is 129 cm³/mol. The van der Waals surface area contributed by atoms with Crippen molar-refractivity contribution in [1.82, 2.24) is 14.8 Å². The van der Waals surface area contributed by atoms with E-state index in [0.29, 0.717) is 5.02 Å². The molecule has 31 heavy (non-hydrogen) atoms. The highest BCUT2D eigenvalue weighted by Crippen LogP contribution is 2.39. The second-order valence-corrected chi connectivity index (χ2v) is 9.06. The number of fused-ring (bicyclic) bond motifs is 2. The van der Waals surface area contributed by atoms with Crippen LogP contribution in [0.2, 0.25) is 5.02 Å².